The number of anilines is 1. The number of halogens is 1. The first kappa shape index (κ1) is 27.8. The van der Waals surface area contributed by atoms with Crippen molar-refractivity contribution in [3.63, 3.8) is 0 Å². The largest absolute Gasteiger partial charge is 0.490 e. The summed E-state index contributed by atoms with van der Waals surface area (Å²) in [6.45, 7) is 2.28. The predicted octanol–water partition coefficient (Wildman–Crippen LogP) is 6.82. The number of carbonyl (C=O) groups is 3. The summed E-state index contributed by atoms with van der Waals surface area (Å²) in [4.78, 5) is 40.3. The SMILES string of the molecule is CCOc1cc(/C=C2/SC(=O)N(CC(=O)Nc3cccc(SC)c3)C2=O)cc(Br)c1OCc1ccccc1. The van der Waals surface area contributed by atoms with Crippen molar-refractivity contribution in [2.45, 2.75) is 18.4 Å². The molecular weight excluding hydrogens is 588 g/mol. The topological polar surface area (TPSA) is 84.9 Å². The lowest BCUT2D eigenvalue weighted by molar-refractivity contribution is -0.127. The van der Waals surface area contributed by atoms with Crippen molar-refractivity contribution in [1.29, 1.82) is 0 Å². The number of hydrogen-bond acceptors (Lipinski definition) is 7. The number of nitrogens with zero attached hydrogens (tertiary/aromatic N) is 1. The van der Waals surface area contributed by atoms with Crippen LogP contribution in [0.25, 0.3) is 6.08 Å². The normalized spacial score (nSPS) is 14.2. The minimum atomic E-state index is -0.522. The second-order valence-corrected chi connectivity index (χ2v) is 10.8. The van der Waals surface area contributed by atoms with Gasteiger partial charge in [0.25, 0.3) is 11.1 Å². The number of rotatable bonds is 10. The fourth-order valence-corrected chi connectivity index (χ4v) is 5.51. The zero-order valence-corrected chi connectivity index (χ0v) is 24.0. The van der Waals surface area contributed by atoms with Crippen molar-refractivity contribution >= 4 is 68.3 Å². The lowest BCUT2D eigenvalue weighted by atomic mass is 10.1. The summed E-state index contributed by atoms with van der Waals surface area (Å²) in [7, 11) is 0. The molecule has 1 fully saturated rings. The average Bonchev–Trinajstić information content (AvgIpc) is 3.16. The molecule has 10 heteroatoms. The van der Waals surface area contributed by atoms with Gasteiger partial charge in [-0.1, -0.05) is 36.4 Å². The second kappa shape index (κ2) is 13.0. The number of amides is 3. The number of carbonyl (C=O) groups excluding carboxylic acids is 3. The van der Waals surface area contributed by atoms with Crippen LogP contribution >= 0.6 is 39.5 Å². The van der Waals surface area contributed by atoms with Gasteiger partial charge in [-0.3, -0.25) is 19.3 Å². The molecule has 1 aliphatic heterocycles. The molecule has 3 amide bonds. The fourth-order valence-electron chi connectivity index (χ4n) is 3.64. The molecule has 1 heterocycles. The first-order valence-electron chi connectivity index (χ1n) is 11.7. The van der Waals surface area contributed by atoms with Gasteiger partial charge in [-0.25, -0.2) is 0 Å². The van der Waals surface area contributed by atoms with Crippen LogP contribution < -0.4 is 14.8 Å². The van der Waals surface area contributed by atoms with E-state index in [4.69, 9.17) is 9.47 Å². The van der Waals surface area contributed by atoms with Gasteiger partial charge in [-0.15, -0.1) is 11.8 Å². The fraction of sp³-hybridized carbons (Fsp3) is 0.179. The van der Waals surface area contributed by atoms with Crippen LogP contribution in [0.4, 0.5) is 10.5 Å². The Morgan fingerprint density at radius 2 is 1.87 bits per heavy atom. The van der Waals surface area contributed by atoms with Crippen LogP contribution in [0, 0.1) is 0 Å². The van der Waals surface area contributed by atoms with Gasteiger partial charge < -0.3 is 14.8 Å². The van der Waals surface area contributed by atoms with Crippen LogP contribution in [-0.2, 0) is 16.2 Å². The number of thioether (sulfide) groups is 2. The summed E-state index contributed by atoms with van der Waals surface area (Å²) in [6, 6.07) is 20.7. The van der Waals surface area contributed by atoms with E-state index < -0.39 is 17.1 Å². The number of imide groups is 1. The van der Waals surface area contributed by atoms with Crippen LogP contribution in [0.1, 0.15) is 18.1 Å². The van der Waals surface area contributed by atoms with Crippen molar-refractivity contribution in [3.8, 4) is 11.5 Å². The molecule has 0 radical (unpaired) electrons. The zero-order valence-electron chi connectivity index (χ0n) is 20.7. The van der Waals surface area contributed by atoms with Gasteiger partial charge in [0.2, 0.25) is 5.91 Å². The highest BCUT2D eigenvalue weighted by molar-refractivity contribution is 9.10. The van der Waals surface area contributed by atoms with Gasteiger partial charge in [0.15, 0.2) is 11.5 Å². The maximum absolute atomic E-state index is 13.0. The molecule has 0 saturated carbocycles. The zero-order chi connectivity index (χ0) is 27.1. The summed E-state index contributed by atoms with van der Waals surface area (Å²) in [5, 5.41) is 2.25. The van der Waals surface area contributed by atoms with E-state index in [-0.39, 0.29) is 11.4 Å². The average molecular weight is 614 g/mol. The standard InChI is InChI=1S/C28H25BrN2O5S2/c1-3-35-23-13-19(12-22(29)26(23)36-17-18-8-5-4-6-9-18)14-24-27(33)31(28(34)38-24)16-25(32)30-20-10-7-11-21(15-20)37-2/h4-15H,3,16-17H2,1-2H3,(H,30,32)/b24-14+. The van der Waals surface area contributed by atoms with Crippen molar-refractivity contribution in [3.05, 3.63) is 87.2 Å². The number of ether oxygens (including phenoxy) is 2. The summed E-state index contributed by atoms with van der Waals surface area (Å²) >= 11 is 5.89. The molecule has 0 bridgehead atoms. The molecule has 4 rings (SSSR count). The van der Waals surface area contributed by atoms with Crippen molar-refractivity contribution < 1.29 is 23.9 Å². The van der Waals surface area contributed by atoms with Gasteiger partial charge in [-0.05, 0) is 88.4 Å². The molecular formula is C28H25BrN2O5S2. The monoisotopic (exact) mass is 612 g/mol. The molecule has 0 unspecified atom stereocenters. The molecule has 196 valence electrons. The van der Waals surface area contributed by atoms with Crippen LogP contribution in [0.5, 0.6) is 11.5 Å². The summed E-state index contributed by atoms with van der Waals surface area (Å²) < 4.78 is 12.5. The minimum Gasteiger partial charge on any atom is -0.490 e. The van der Waals surface area contributed by atoms with Crippen LogP contribution in [-0.4, -0.2) is 41.4 Å². The second-order valence-electron chi connectivity index (χ2n) is 8.09. The Balaban J connectivity index is 1.48. The van der Waals surface area contributed by atoms with Gasteiger partial charge in [0.05, 0.1) is 16.0 Å². The van der Waals surface area contributed by atoms with E-state index in [1.807, 2.05) is 61.7 Å². The third-order valence-electron chi connectivity index (χ3n) is 5.38. The van der Waals surface area contributed by atoms with Crippen molar-refractivity contribution in [2.24, 2.45) is 0 Å². The molecule has 38 heavy (non-hydrogen) atoms. The van der Waals surface area contributed by atoms with Crippen molar-refractivity contribution in [1.82, 2.24) is 4.90 Å². The molecule has 7 nitrogen and oxygen atoms in total. The van der Waals surface area contributed by atoms with E-state index in [9.17, 15) is 14.4 Å². The van der Waals surface area contributed by atoms with E-state index >= 15 is 0 Å². The van der Waals surface area contributed by atoms with Crippen LogP contribution in [0.3, 0.4) is 0 Å². The van der Waals surface area contributed by atoms with Crippen molar-refractivity contribution in [2.75, 3.05) is 24.7 Å². The quantitative estimate of drug-likeness (QED) is 0.198. The third-order valence-corrected chi connectivity index (χ3v) is 7.61. The highest BCUT2D eigenvalue weighted by Crippen LogP contribution is 2.39. The lowest BCUT2D eigenvalue weighted by Gasteiger charge is -2.15. The summed E-state index contributed by atoms with van der Waals surface area (Å²) in [6.07, 6.45) is 3.55. The van der Waals surface area contributed by atoms with E-state index in [0.29, 0.717) is 40.4 Å². The Morgan fingerprint density at radius 3 is 2.61 bits per heavy atom. The van der Waals surface area contributed by atoms with Crippen LogP contribution in [0.2, 0.25) is 0 Å². The maximum Gasteiger partial charge on any atom is 0.294 e. The first-order chi connectivity index (χ1) is 18.4. The lowest BCUT2D eigenvalue weighted by Crippen LogP contribution is -2.36. The highest BCUT2D eigenvalue weighted by Gasteiger charge is 2.36. The molecule has 0 aromatic heterocycles. The Labute approximate surface area is 238 Å². The molecule has 0 atom stereocenters. The van der Waals surface area contributed by atoms with E-state index in [0.717, 1.165) is 27.1 Å². The molecule has 3 aromatic rings. The molecule has 1 saturated heterocycles. The number of nitrogens with one attached hydrogen (secondary N) is 1. The van der Waals surface area contributed by atoms with Gasteiger partial charge in [0.1, 0.15) is 13.2 Å². The van der Waals surface area contributed by atoms with E-state index in [1.54, 1.807) is 36.0 Å². The Hall–Kier alpha value is -3.21. The van der Waals surface area contributed by atoms with E-state index in [2.05, 4.69) is 21.2 Å². The Bertz CT molecular complexity index is 1380. The molecule has 3 aromatic carbocycles. The van der Waals surface area contributed by atoms with E-state index in [1.165, 1.54) is 0 Å². The Morgan fingerprint density at radius 1 is 1.08 bits per heavy atom. The maximum atomic E-state index is 13.0. The third kappa shape index (κ3) is 7.00. The van der Waals surface area contributed by atoms with Gasteiger partial charge in [0, 0.05) is 10.6 Å². The molecule has 1 N–H and O–H groups in total. The first-order valence-corrected chi connectivity index (χ1v) is 14.5. The number of hydrogen-bond donors (Lipinski definition) is 1. The summed E-state index contributed by atoms with van der Waals surface area (Å²) in [5.41, 5.74) is 2.27. The highest BCUT2D eigenvalue weighted by atomic mass is 79.9. The van der Waals surface area contributed by atoms with Gasteiger partial charge >= 0.3 is 0 Å². The number of benzene rings is 3. The Kier molecular flexibility index (Phi) is 9.54. The smallest absolute Gasteiger partial charge is 0.294 e. The molecule has 1 aliphatic rings. The van der Waals surface area contributed by atoms with Crippen LogP contribution in [0.15, 0.2) is 81.0 Å². The molecule has 0 spiro atoms. The van der Waals surface area contributed by atoms with Gasteiger partial charge in [-0.2, -0.15) is 0 Å². The predicted molar refractivity (Wildman–Crippen MR) is 156 cm³/mol. The minimum absolute atomic E-state index is 0.222. The summed E-state index contributed by atoms with van der Waals surface area (Å²) in [5.74, 6) is 0.0814. The molecule has 0 aliphatic carbocycles.